The zero-order chi connectivity index (χ0) is 20.2. The summed E-state index contributed by atoms with van der Waals surface area (Å²) in [6.07, 6.45) is 0. The van der Waals surface area contributed by atoms with Gasteiger partial charge in [-0.05, 0) is 31.2 Å². The summed E-state index contributed by atoms with van der Waals surface area (Å²) in [5.41, 5.74) is 1.25. The van der Waals surface area contributed by atoms with Crippen LogP contribution in [0.3, 0.4) is 0 Å². The number of ether oxygens (including phenoxy) is 2. The van der Waals surface area contributed by atoms with Gasteiger partial charge in [-0.1, -0.05) is 23.9 Å². The number of anilines is 1. The second-order valence-electron chi connectivity index (χ2n) is 6.26. The van der Waals surface area contributed by atoms with Crippen LogP contribution in [0.4, 0.5) is 5.69 Å². The average molecular weight is 412 g/mol. The molecular weight excluding hydrogens is 392 g/mol. The van der Waals surface area contributed by atoms with E-state index in [4.69, 9.17) is 9.47 Å². The molecule has 1 amide bonds. The van der Waals surface area contributed by atoms with E-state index < -0.39 is 0 Å². The molecule has 2 aromatic carbocycles. The van der Waals surface area contributed by atoms with Crippen LogP contribution in [0, 0.1) is 0 Å². The Hall–Kier alpha value is -3.20. The minimum Gasteiger partial charge on any atom is -0.507 e. The molecule has 8 nitrogen and oxygen atoms in total. The Bertz CT molecular complexity index is 1040. The van der Waals surface area contributed by atoms with Gasteiger partial charge < -0.3 is 24.5 Å². The highest BCUT2D eigenvalue weighted by Gasteiger charge is 2.17. The lowest BCUT2D eigenvalue weighted by molar-refractivity contribution is -0.113. The SMILES string of the molecule is CCn1c(SCC(=O)Nc2ccc3c(c2)OCCO3)nnc1-c1ccccc1O. The number of amides is 1. The van der Waals surface area contributed by atoms with Crippen molar-refractivity contribution in [3.05, 3.63) is 42.5 Å². The summed E-state index contributed by atoms with van der Waals surface area (Å²) in [5.74, 6) is 2.02. The summed E-state index contributed by atoms with van der Waals surface area (Å²) in [6, 6.07) is 12.3. The number of nitrogens with one attached hydrogen (secondary N) is 1. The lowest BCUT2D eigenvalue weighted by Gasteiger charge is -2.19. The van der Waals surface area contributed by atoms with Gasteiger partial charge in [0.2, 0.25) is 5.91 Å². The number of hydrogen-bond donors (Lipinski definition) is 2. The first kappa shape index (κ1) is 19.1. The third-order valence-electron chi connectivity index (χ3n) is 4.34. The number of fused-ring (bicyclic) bond motifs is 1. The highest BCUT2D eigenvalue weighted by Crippen LogP contribution is 2.33. The lowest BCUT2D eigenvalue weighted by Crippen LogP contribution is -2.17. The monoisotopic (exact) mass is 412 g/mol. The summed E-state index contributed by atoms with van der Waals surface area (Å²) in [5, 5.41) is 21.9. The quantitative estimate of drug-likeness (QED) is 0.600. The Kier molecular flexibility index (Phi) is 5.57. The van der Waals surface area contributed by atoms with Crippen molar-refractivity contribution in [2.75, 3.05) is 24.3 Å². The van der Waals surface area contributed by atoms with Gasteiger partial charge in [-0.25, -0.2) is 0 Å². The van der Waals surface area contributed by atoms with E-state index in [2.05, 4.69) is 15.5 Å². The smallest absolute Gasteiger partial charge is 0.234 e. The van der Waals surface area contributed by atoms with Crippen molar-refractivity contribution >= 4 is 23.4 Å². The van der Waals surface area contributed by atoms with Gasteiger partial charge in [-0.2, -0.15) is 0 Å². The van der Waals surface area contributed by atoms with E-state index in [1.807, 2.05) is 17.6 Å². The molecule has 1 aliphatic heterocycles. The summed E-state index contributed by atoms with van der Waals surface area (Å²) < 4.78 is 12.9. The van der Waals surface area contributed by atoms with Crippen molar-refractivity contribution in [2.45, 2.75) is 18.6 Å². The minimum atomic E-state index is -0.165. The van der Waals surface area contributed by atoms with Crippen molar-refractivity contribution < 1.29 is 19.4 Å². The molecule has 0 spiro atoms. The lowest BCUT2D eigenvalue weighted by atomic mass is 10.2. The van der Waals surface area contributed by atoms with Crippen LogP contribution in [0.15, 0.2) is 47.6 Å². The van der Waals surface area contributed by atoms with Gasteiger partial charge in [0.25, 0.3) is 0 Å². The van der Waals surface area contributed by atoms with Crippen LogP contribution >= 0.6 is 11.8 Å². The number of thioether (sulfide) groups is 1. The number of hydrogen-bond acceptors (Lipinski definition) is 7. The van der Waals surface area contributed by atoms with E-state index in [0.717, 1.165) is 0 Å². The second-order valence-corrected chi connectivity index (χ2v) is 7.21. The number of nitrogens with zero attached hydrogens (tertiary/aromatic N) is 3. The van der Waals surface area contributed by atoms with Gasteiger partial charge in [-0.15, -0.1) is 10.2 Å². The fraction of sp³-hybridized carbons (Fsp3) is 0.250. The van der Waals surface area contributed by atoms with Gasteiger partial charge in [0.05, 0.1) is 11.3 Å². The maximum Gasteiger partial charge on any atom is 0.234 e. The average Bonchev–Trinajstić information content (AvgIpc) is 3.15. The van der Waals surface area contributed by atoms with Gasteiger partial charge in [0.1, 0.15) is 19.0 Å². The summed E-state index contributed by atoms with van der Waals surface area (Å²) in [7, 11) is 0. The fourth-order valence-corrected chi connectivity index (χ4v) is 3.79. The van der Waals surface area contributed by atoms with Crippen LogP contribution in [0.2, 0.25) is 0 Å². The molecule has 3 aromatic rings. The number of carbonyl (C=O) groups is 1. The molecule has 2 heterocycles. The molecule has 1 aliphatic rings. The molecule has 0 radical (unpaired) electrons. The van der Waals surface area contributed by atoms with E-state index in [0.29, 0.717) is 53.5 Å². The second kappa shape index (κ2) is 8.44. The number of aromatic hydroxyl groups is 1. The molecule has 1 aromatic heterocycles. The number of rotatable bonds is 6. The molecule has 2 N–H and O–H groups in total. The molecule has 0 saturated heterocycles. The Morgan fingerprint density at radius 1 is 1.17 bits per heavy atom. The van der Waals surface area contributed by atoms with Crippen LogP contribution < -0.4 is 14.8 Å². The molecule has 0 unspecified atom stereocenters. The third-order valence-corrected chi connectivity index (χ3v) is 5.30. The van der Waals surface area contributed by atoms with E-state index in [-0.39, 0.29) is 17.4 Å². The van der Waals surface area contributed by atoms with Crippen molar-refractivity contribution in [1.29, 1.82) is 0 Å². The molecule has 150 valence electrons. The molecule has 9 heteroatoms. The largest absolute Gasteiger partial charge is 0.507 e. The molecule has 0 atom stereocenters. The highest BCUT2D eigenvalue weighted by atomic mass is 32.2. The van der Waals surface area contributed by atoms with Gasteiger partial charge in [-0.3, -0.25) is 4.79 Å². The van der Waals surface area contributed by atoms with Gasteiger partial charge in [0.15, 0.2) is 22.5 Å². The first-order chi connectivity index (χ1) is 14.2. The molecule has 0 aliphatic carbocycles. The Morgan fingerprint density at radius 2 is 1.97 bits per heavy atom. The Morgan fingerprint density at radius 3 is 2.76 bits per heavy atom. The minimum absolute atomic E-state index is 0.141. The molecule has 29 heavy (non-hydrogen) atoms. The van der Waals surface area contributed by atoms with Crippen molar-refractivity contribution in [3.8, 4) is 28.6 Å². The van der Waals surface area contributed by atoms with Crippen molar-refractivity contribution in [2.24, 2.45) is 0 Å². The van der Waals surface area contributed by atoms with Gasteiger partial charge >= 0.3 is 0 Å². The molecule has 0 fully saturated rings. The maximum absolute atomic E-state index is 12.4. The summed E-state index contributed by atoms with van der Waals surface area (Å²) in [4.78, 5) is 12.4. The molecule has 4 rings (SSSR count). The third kappa shape index (κ3) is 4.14. The Balaban J connectivity index is 1.43. The first-order valence-corrected chi connectivity index (χ1v) is 10.2. The number of para-hydroxylation sites is 1. The normalized spacial score (nSPS) is 12.6. The van der Waals surface area contributed by atoms with E-state index in [9.17, 15) is 9.90 Å². The molecular formula is C20H20N4O4S. The molecule has 0 saturated carbocycles. The van der Waals surface area contributed by atoms with E-state index in [1.165, 1.54) is 11.8 Å². The topological polar surface area (TPSA) is 98.5 Å². The van der Waals surface area contributed by atoms with Gasteiger partial charge in [0, 0.05) is 18.3 Å². The summed E-state index contributed by atoms with van der Waals surface area (Å²) in [6.45, 7) is 3.59. The van der Waals surface area contributed by atoms with Crippen molar-refractivity contribution in [3.63, 3.8) is 0 Å². The number of benzene rings is 2. The van der Waals surface area contributed by atoms with E-state index >= 15 is 0 Å². The van der Waals surface area contributed by atoms with E-state index in [1.54, 1.807) is 36.4 Å². The van der Waals surface area contributed by atoms with Crippen LogP contribution in [-0.2, 0) is 11.3 Å². The zero-order valence-electron chi connectivity index (χ0n) is 15.8. The van der Waals surface area contributed by atoms with Crippen LogP contribution in [0.5, 0.6) is 17.2 Å². The number of carbonyl (C=O) groups excluding carboxylic acids is 1. The highest BCUT2D eigenvalue weighted by molar-refractivity contribution is 7.99. The summed E-state index contributed by atoms with van der Waals surface area (Å²) >= 11 is 1.29. The first-order valence-electron chi connectivity index (χ1n) is 9.19. The number of phenols is 1. The standard InChI is InChI=1S/C20H20N4O4S/c1-2-24-19(14-5-3-4-6-15(14)25)22-23-20(24)29-12-18(26)21-13-7-8-16-17(11-13)28-10-9-27-16/h3-8,11,25H,2,9-10,12H2,1H3,(H,21,26). The number of aromatic nitrogens is 3. The van der Waals surface area contributed by atoms with Crippen LogP contribution in [0.25, 0.3) is 11.4 Å². The predicted octanol–water partition coefficient (Wildman–Crippen LogP) is 3.17. The number of phenolic OH excluding ortho intramolecular Hbond substituents is 1. The fourth-order valence-electron chi connectivity index (χ4n) is 2.99. The zero-order valence-corrected chi connectivity index (χ0v) is 16.6. The van der Waals surface area contributed by atoms with Crippen LogP contribution in [0.1, 0.15) is 6.92 Å². The van der Waals surface area contributed by atoms with Crippen LogP contribution in [-0.4, -0.2) is 44.7 Å². The predicted molar refractivity (Wildman–Crippen MR) is 110 cm³/mol. The maximum atomic E-state index is 12.4. The molecule has 0 bridgehead atoms. The Labute approximate surface area is 171 Å². The van der Waals surface area contributed by atoms with Crippen molar-refractivity contribution in [1.82, 2.24) is 14.8 Å².